The van der Waals surface area contributed by atoms with Crippen LogP contribution in [0.5, 0.6) is 0 Å². The second-order valence-electron chi connectivity index (χ2n) is 9.28. The minimum absolute atomic E-state index is 0.0411. The first-order valence-electron chi connectivity index (χ1n) is 12.8. The molecule has 1 N–H and O–H groups in total. The molecule has 4 rings (SSSR count). The second-order valence-corrected chi connectivity index (χ2v) is 10.1. The molecule has 3 aromatic carbocycles. The Bertz CT molecular complexity index is 1340. The van der Waals surface area contributed by atoms with Gasteiger partial charge in [0, 0.05) is 32.5 Å². The van der Waals surface area contributed by atoms with Crippen molar-refractivity contribution in [2.75, 3.05) is 13.1 Å². The number of hydrogen-bond acceptors (Lipinski definition) is 4. The van der Waals surface area contributed by atoms with Crippen molar-refractivity contribution in [1.82, 2.24) is 15.1 Å². The van der Waals surface area contributed by atoms with E-state index in [1.54, 1.807) is 47.4 Å². The van der Waals surface area contributed by atoms with E-state index in [-0.39, 0.29) is 49.6 Å². The van der Waals surface area contributed by atoms with E-state index < -0.39 is 6.04 Å². The van der Waals surface area contributed by atoms with E-state index in [1.807, 2.05) is 37.3 Å². The predicted octanol–water partition coefficient (Wildman–Crippen LogP) is 5.15. The zero-order chi connectivity index (χ0) is 27.9. The maximum absolute atomic E-state index is 13.7. The highest BCUT2D eigenvalue weighted by Crippen LogP contribution is 2.26. The fraction of sp³-hybridized carbons (Fsp3) is 0.267. The third-order valence-electron chi connectivity index (χ3n) is 6.61. The highest BCUT2D eigenvalue weighted by atomic mass is 35.5. The van der Waals surface area contributed by atoms with Crippen molar-refractivity contribution in [2.24, 2.45) is 0 Å². The summed E-state index contributed by atoms with van der Waals surface area (Å²) in [7, 11) is 0. The van der Waals surface area contributed by atoms with Gasteiger partial charge in [0.05, 0.1) is 21.2 Å². The quantitative estimate of drug-likeness (QED) is 0.326. The molecular formula is C30H29Cl2N3O4. The summed E-state index contributed by atoms with van der Waals surface area (Å²) in [4.78, 5) is 55.1. The third kappa shape index (κ3) is 6.67. The Balaban J connectivity index is 1.54. The Morgan fingerprint density at radius 1 is 0.872 bits per heavy atom. The maximum Gasteiger partial charge on any atom is 0.261 e. The average Bonchev–Trinajstić information content (AvgIpc) is 3.18. The highest BCUT2D eigenvalue weighted by molar-refractivity contribution is 6.42. The summed E-state index contributed by atoms with van der Waals surface area (Å²) in [6, 6.07) is 20.5. The molecule has 0 spiro atoms. The molecule has 1 aliphatic rings. The van der Waals surface area contributed by atoms with E-state index in [1.165, 1.54) is 4.90 Å². The molecule has 7 nitrogen and oxygen atoms in total. The van der Waals surface area contributed by atoms with Gasteiger partial charge in [-0.05, 0) is 48.7 Å². The van der Waals surface area contributed by atoms with Gasteiger partial charge in [-0.1, -0.05) is 71.7 Å². The van der Waals surface area contributed by atoms with E-state index in [0.29, 0.717) is 34.1 Å². The average molecular weight is 566 g/mol. The molecule has 1 heterocycles. The summed E-state index contributed by atoms with van der Waals surface area (Å²) in [6.07, 6.45) is 0.618. The van der Waals surface area contributed by atoms with Crippen LogP contribution in [0, 0.1) is 0 Å². The van der Waals surface area contributed by atoms with E-state index in [4.69, 9.17) is 23.2 Å². The zero-order valence-corrected chi connectivity index (χ0v) is 23.0. The number of fused-ring (bicyclic) bond motifs is 1. The number of hydrogen-bond donors (Lipinski definition) is 1. The lowest BCUT2D eigenvalue weighted by molar-refractivity contribution is -0.141. The lowest BCUT2D eigenvalue weighted by atomic mass is 10.0. The molecule has 202 valence electrons. The Hall–Kier alpha value is -3.68. The Morgan fingerprint density at radius 3 is 2.13 bits per heavy atom. The van der Waals surface area contributed by atoms with Gasteiger partial charge in [-0.2, -0.15) is 0 Å². The van der Waals surface area contributed by atoms with Crippen LogP contribution in [0.3, 0.4) is 0 Å². The largest absolute Gasteiger partial charge is 0.355 e. The number of imide groups is 1. The number of carbonyl (C=O) groups is 4. The van der Waals surface area contributed by atoms with Crippen LogP contribution in [0.15, 0.2) is 72.8 Å². The van der Waals surface area contributed by atoms with Gasteiger partial charge in [-0.3, -0.25) is 24.1 Å². The number of rotatable bonds is 11. The first-order valence-corrected chi connectivity index (χ1v) is 13.6. The van der Waals surface area contributed by atoms with Crippen molar-refractivity contribution in [3.8, 4) is 0 Å². The van der Waals surface area contributed by atoms with Crippen LogP contribution < -0.4 is 5.32 Å². The summed E-state index contributed by atoms with van der Waals surface area (Å²) in [6.45, 7) is 2.48. The first-order chi connectivity index (χ1) is 18.8. The predicted molar refractivity (Wildman–Crippen MR) is 151 cm³/mol. The highest BCUT2D eigenvalue weighted by Gasteiger charge is 2.35. The van der Waals surface area contributed by atoms with Gasteiger partial charge >= 0.3 is 0 Å². The first kappa shape index (κ1) is 28.3. The second kappa shape index (κ2) is 12.9. The van der Waals surface area contributed by atoms with Crippen molar-refractivity contribution in [1.29, 1.82) is 0 Å². The summed E-state index contributed by atoms with van der Waals surface area (Å²) < 4.78 is 0. The number of nitrogens with one attached hydrogen (secondary N) is 1. The van der Waals surface area contributed by atoms with Gasteiger partial charge in [0.1, 0.15) is 6.04 Å². The number of nitrogens with zero attached hydrogens (tertiary/aromatic N) is 2. The maximum atomic E-state index is 13.7. The van der Waals surface area contributed by atoms with Gasteiger partial charge in [-0.15, -0.1) is 0 Å². The molecule has 1 aliphatic heterocycles. The van der Waals surface area contributed by atoms with Crippen molar-refractivity contribution < 1.29 is 19.2 Å². The minimum Gasteiger partial charge on any atom is -0.355 e. The molecule has 0 saturated carbocycles. The number of amides is 4. The molecule has 0 radical (unpaired) electrons. The van der Waals surface area contributed by atoms with E-state index in [2.05, 4.69) is 5.32 Å². The van der Waals surface area contributed by atoms with Gasteiger partial charge < -0.3 is 10.2 Å². The third-order valence-corrected chi connectivity index (χ3v) is 7.35. The zero-order valence-electron chi connectivity index (χ0n) is 21.5. The Kier molecular flexibility index (Phi) is 9.38. The van der Waals surface area contributed by atoms with Gasteiger partial charge in [0.2, 0.25) is 11.8 Å². The Morgan fingerprint density at radius 2 is 1.51 bits per heavy atom. The number of benzene rings is 3. The number of likely N-dealkylation sites (N-methyl/N-ethyl adjacent to an activating group) is 1. The summed E-state index contributed by atoms with van der Waals surface area (Å²) in [5.74, 6) is -1.26. The van der Waals surface area contributed by atoms with Gasteiger partial charge in [0.15, 0.2) is 0 Å². The number of carbonyl (C=O) groups excluding carboxylic acids is 4. The lowest BCUT2D eigenvalue weighted by Crippen LogP contribution is -2.50. The SMILES string of the molecule is CCNC(=O)C(Cc1ccccc1)N(Cc1ccc(Cl)c(Cl)c1)C(=O)CCCN1C(=O)c2ccccc2C1=O. The molecular weight excluding hydrogens is 537 g/mol. The van der Waals surface area contributed by atoms with Crippen LogP contribution in [-0.4, -0.2) is 52.6 Å². The van der Waals surface area contributed by atoms with Gasteiger partial charge in [-0.25, -0.2) is 0 Å². The molecule has 1 atom stereocenters. The smallest absolute Gasteiger partial charge is 0.261 e. The molecule has 9 heteroatoms. The van der Waals surface area contributed by atoms with Crippen molar-refractivity contribution in [3.05, 3.63) is 105 Å². The monoisotopic (exact) mass is 565 g/mol. The summed E-state index contributed by atoms with van der Waals surface area (Å²) in [5, 5.41) is 3.60. The number of halogens is 2. The normalized spacial score (nSPS) is 13.3. The van der Waals surface area contributed by atoms with Crippen LogP contribution in [-0.2, 0) is 22.6 Å². The molecule has 39 heavy (non-hydrogen) atoms. The van der Waals surface area contributed by atoms with Crippen LogP contribution in [0.1, 0.15) is 51.6 Å². The molecule has 0 aliphatic carbocycles. The van der Waals surface area contributed by atoms with E-state index >= 15 is 0 Å². The van der Waals surface area contributed by atoms with E-state index in [0.717, 1.165) is 11.1 Å². The molecule has 0 bridgehead atoms. The molecule has 4 amide bonds. The van der Waals surface area contributed by atoms with Crippen LogP contribution in [0.4, 0.5) is 0 Å². The fourth-order valence-corrected chi connectivity index (χ4v) is 4.98. The van der Waals surface area contributed by atoms with Gasteiger partial charge in [0.25, 0.3) is 11.8 Å². The van der Waals surface area contributed by atoms with Crippen molar-refractivity contribution in [3.63, 3.8) is 0 Å². The van der Waals surface area contributed by atoms with E-state index in [9.17, 15) is 19.2 Å². The molecule has 3 aromatic rings. The molecule has 0 saturated heterocycles. The lowest BCUT2D eigenvalue weighted by Gasteiger charge is -2.32. The van der Waals surface area contributed by atoms with Crippen LogP contribution in [0.25, 0.3) is 0 Å². The molecule has 0 aromatic heterocycles. The van der Waals surface area contributed by atoms with Crippen LogP contribution >= 0.6 is 23.2 Å². The topological polar surface area (TPSA) is 86.8 Å². The Labute approximate surface area is 237 Å². The molecule has 0 fully saturated rings. The fourth-order valence-electron chi connectivity index (χ4n) is 4.65. The summed E-state index contributed by atoms with van der Waals surface area (Å²) in [5.41, 5.74) is 2.37. The van der Waals surface area contributed by atoms with Crippen LogP contribution in [0.2, 0.25) is 10.0 Å². The van der Waals surface area contributed by atoms with Crippen molar-refractivity contribution in [2.45, 2.75) is 38.8 Å². The van der Waals surface area contributed by atoms with Crippen molar-refractivity contribution >= 4 is 46.8 Å². The standard InChI is InChI=1S/C30H29Cl2N3O4/c1-2-33-28(37)26(18-20-9-4-3-5-10-20)35(19-21-14-15-24(31)25(32)17-21)27(36)13-8-16-34-29(38)22-11-6-7-12-23(22)30(34)39/h3-7,9-12,14-15,17,26H,2,8,13,16,18-19H2,1H3,(H,33,37). The minimum atomic E-state index is -0.784. The molecule has 1 unspecified atom stereocenters. The summed E-state index contributed by atoms with van der Waals surface area (Å²) >= 11 is 12.3.